The first-order valence-corrected chi connectivity index (χ1v) is 8.89. The number of aryl methyl sites for hydroxylation is 1. The maximum atomic E-state index is 12.6. The van der Waals surface area contributed by atoms with Crippen molar-refractivity contribution in [3.8, 4) is 0 Å². The van der Waals surface area contributed by atoms with Crippen molar-refractivity contribution in [3.05, 3.63) is 29.8 Å². The molecule has 1 aliphatic carbocycles. The average Bonchev–Trinajstić information content (AvgIpc) is 2.55. The molecule has 0 radical (unpaired) electrons. The molecule has 0 aromatic heterocycles. The molecule has 1 saturated carbocycles. The van der Waals surface area contributed by atoms with Crippen LogP contribution >= 0.6 is 0 Å². The summed E-state index contributed by atoms with van der Waals surface area (Å²) in [4.78, 5) is 0. The van der Waals surface area contributed by atoms with E-state index in [1.807, 2.05) is 31.2 Å². The summed E-state index contributed by atoms with van der Waals surface area (Å²) >= 11 is 0. The molecule has 1 aliphatic heterocycles. The zero-order valence-electron chi connectivity index (χ0n) is 11.8. The van der Waals surface area contributed by atoms with Crippen molar-refractivity contribution in [3.63, 3.8) is 0 Å². The van der Waals surface area contributed by atoms with Crippen LogP contribution in [0.4, 0.5) is 5.69 Å². The number of anilines is 1. The molecular formula is C15H21NO3S. The zero-order valence-corrected chi connectivity index (χ0v) is 12.6. The Balaban J connectivity index is 2.03. The first-order valence-electron chi connectivity index (χ1n) is 7.28. The van der Waals surface area contributed by atoms with Crippen molar-refractivity contribution in [2.45, 2.75) is 44.8 Å². The van der Waals surface area contributed by atoms with E-state index in [9.17, 15) is 8.42 Å². The lowest BCUT2D eigenvalue weighted by Gasteiger charge is -2.37. The molecule has 3 rings (SSSR count). The van der Waals surface area contributed by atoms with Crippen LogP contribution in [0.15, 0.2) is 24.3 Å². The standard InChI is InChI=1S/C15H21NO3S/c1-12-6-8-13(9-7-12)16-14-4-2-3-5-15(14)19-10-11-20(16,17)18/h6-9,14-15H,2-5,10-11H2,1H3/t14-,15-/m0/s1. The van der Waals surface area contributed by atoms with Gasteiger partial charge in [0.05, 0.1) is 30.2 Å². The van der Waals surface area contributed by atoms with Gasteiger partial charge < -0.3 is 4.74 Å². The van der Waals surface area contributed by atoms with E-state index < -0.39 is 10.0 Å². The topological polar surface area (TPSA) is 46.6 Å². The third kappa shape index (κ3) is 2.56. The van der Waals surface area contributed by atoms with Crippen molar-refractivity contribution >= 4 is 15.7 Å². The monoisotopic (exact) mass is 295 g/mol. The van der Waals surface area contributed by atoms with Gasteiger partial charge in [0.1, 0.15) is 0 Å². The Morgan fingerprint density at radius 1 is 1.15 bits per heavy atom. The molecule has 1 saturated heterocycles. The quantitative estimate of drug-likeness (QED) is 0.799. The van der Waals surface area contributed by atoms with E-state index in [1.54, 1.807) is 4.31 Å². The molecule has 110 valence electrons. The molecule has 2 fully saturated rings. The predicted octanol–water partition coefficient (Wildman–Crippen LogP) is 2.47. The second-order valence-corrected chi connectivity index (χ2v) is 7.67. The summed E-state index contributed by atoms with van der Waals surface area (Å²) in [5.41, 5.74) is 1.91. The second kappa shape index (κ2) is 5.37. The van der Waals surface area contributed by atoms with Gasteiger partial charge in [-0.3, -0.25) is 4.31 Å². The minimum atomic E-state index is -3.29. The van der Waals surface area contributed by atoms with Crippen molar-refractivity contribution in [2.75, 3.05) is 16.7 Å². The molecular weight excluding hydrogens is 274 g/mol. The first-order chi connectivity index (χ1) is 9.58. The normalized spacial score (nSPS) is 29.6. The highest BCUT2D eigenvalue weighted by atomic mass is 32.2. The van der Waals surface area contributed by atoms with Gasteiger partial charge >= 0.3 is 0 Å². The van der Waals surface area contributed by atoms with E-state index in [0.29, 0.717) is 6.61 Å². The Hall–Kier alpha value is -1.07. The summed E-state index contributed by atoms with van der Waals surface area (Å²) in [6.45, 7) is 2.32. The molecule has 4 nitrogen and oxygen atoms in total. The van der Waals surface area contributed by atoms with Crippen LogP contribution in [0.25, 0.3) is 0 Å². The smallest absolute Gasteiger partial charge is 0.237 e. The summed E-state index contributed by atoms with van der Waals surface area (Å²) in [5.74, 6) is 0.0773. The molecule has 2 atom stereocenters. The molecule has 2 aliphatic rings. The van der Waals surface area contributed by atoms with E-state index >= 15 is 0 Å². The van der Waals surface area contributed by atoms with E-state index in [1.165, 1.54) is 0 Å². The number of hydrogen-bond donors (Lipinski definition) is 0. The maximum absolute atomic E-state index is 12.6. The first kappa shape index (κ1) is 13.9. The summed E-state index contributed by atoms with van der Waals surface area (Å²) in [7, 11) is -3.29. The maximum Gasteiger partial charge on any atom is 0.237 e. The highest BCUT2D eigenvalue weighted by molar-refractivity contribution is 7.92. The minimum Gasteiger partial charge on any atom is -0.375 e. The summed E-state index contributed by atoms with van der Waals surface area (Å²) in [6, 6.07) is 7.70. The second-order valence-electron chi connectivity index (χ2n) is 5.71. The van der Waals surface area contributed by atoms with Crippen LogP contribution in [-0.4, -0.2) is 32.9 Å². The highest BCUT2D eigenvalue weighted by Crippen LogP contribution is 2.33. The third-order valence-corrected chi connectivity index (χ3v) is 5.99. The number of rotatable bonds is 1. The molecule has 1 aromatic carbocycles. The molecule has 20 heavy (non-hydrogen) atoms. The van der Waals surface area contributed by atoms with Crippen LogP contribution in [0, 0.1) is 6.92 Å². The Bertz CT molecular complexity index is 567. The van der Waals surface area contributed by atoms with Gasteiger partial charge in [0, 0.05) is 0 Å². The number of hydrogen-bond acceptors (Lipinski definition) is 3. The molecule has 5 heteroatoms. The summed E-state index contributed by atoms with van der Waals surface area (Å²) < 4.78 is 32.6. The van der Waals surface area contributed by atoms with E-state index in [2.05, 4.69) is 0 Å². The minimum absolute atomic E-state index is 0.0426. The van der Waals surface area contributed by atoms with Crippen LogP contribution in [0.3, 0.4) is 0 Å². The van der Waals surface area contributed by atoms with Gasteiger partial charge in [-0.15, -0.1) is 0 Å². The zero-order chi connectivity index (χ0) is 14.2. The molecule has 0 bridgehead atoms. The highest BCUT2D eigenvalue weighted by Gasteiger charge is 2.39. The Morgan fingerprint density at radius 3 is 2.60 bits per heavy atom. The van der Waals surface area contributed by atoms with Gasteiger partial charge in [0.15, 0.2) is 0 Å². The van der Waals surface area contributed by atoms with Crippen molar-refractivity contribution in [1.29, 1.82) is 0 Å². The number of benzene rings is 1. The number of ether oxygens (including phenoxy) is 1. The Labute approximate surface area is 120 Å². The molecule has 0 N–H and O–H groups in total. The predicted molar refractivity (Wildman–Crippen MR) is 79.4 cm³/mol. The fourth-order valence-electron chi connectivity index (χ4n) is 3.19. The Kier molecular flexibility index (Phi) is 3.73. The summed E-state index contributed by atoms with van der Waals surface area (Å²) in [5, 5.41) is 0. The molecule has 1 heterocycles. The number of nitrogens with zero attached hydrogens (tertiary/aromatic N) is 1. The molecule has 0 unspecified atom stereocenters. The summed E-state index contributed by atoms with van der Waals surface area (Å²) in [6.07, 6.45) is 4.09. The van der Waals surface area contributed by atoms with Crippen LogP contribution in [-0.2, 0) is 14.8 Å². The molecule has 1 aromatic rings. The van der Waals surface area contributed by atoms with Crippen molar-refractivity contribution in [2.24, 2.45) is 0 Å². The van der Waals surface area contributed by atoms with Crippen LogP contribution in [0.2, 0.25) is 0 Å². The number of sulfonamides is 1. The lowest BCUT2D eigenvalue weighted by molar-refractivity contribution is 0.0297. The molecule has 0 spiro atoms. The van der Waals surface area contributed by atoms with Crippen LogP contribution in [0.1, 0.15) is 31.2 Å². The van der Waals surface area contributed by atoms with Crippen molar-refractivity contribution < 1.29 is 13.2 Å². The average molecular weight is 295 g/mol. The third-order valence-electron chi connectivity index (χ3n) is 4.23. The fraction of sp³-hybridized carbons (Fsp3) is 0.600. The van der Waals surface area contributed by atoms with Crippen molar-refractivity contribution in [1.82, 2.24) is 0 Å². The SMILES string of the molecule is Cc1ccc(N2[C@H]3CCCC[C@@H]3OCCS2(=O)=O)cc1. The van der Waals surface area contributed by atoms with E-state index in [4.69, 9.17) is 4.74 Å². The van der Waals surface area contributed by atoms with Gasteiger partial charge in [-0.25, -0.2) is 8.42 Å². The van der Waals surface area contributed by atoms with Gasteiger partial charge in [0.25, 0.3) is 0 Å². The van der Waals surface area contributed by atoms with Crippen LogP contribution < -0.4 is 4.31 Å². The lowest BCUT2D eigenvalue weighted by Crippen LogP contribution is -2.47. The van der Waals surface area contributed by atoms with Gasteiger partial charge in [-0.1, -0.05) is 30.5 Å². The fourth-order valence-corrected chi connectivity index (χ4v) is 4.79. The largest absolute Gasteiger partial charge is 0.375 e. The van der Waals surface area contributed by atoms with Gasteiger partial charge in [-0.05, 0) is 31.9 Å². The molecule has 0 amide bonds. The van der Waals surface area contributed by atoms with Gasteiger partial charge in [0.2, 0.25) is 10.0 Å². The van der Waals surface area contributed by atoms with E-state index in [-0.39, 0.29) is 17.9 Å². The lowest BCUT2D eigenvalue weighted by atomic mass is 9.92. The Morgan fingerprint density at radius 2 is 1.85 bits per heavy atom. The van der Waals surface area contributed by atoms with E-state index in [0.717, 1.165) is 36.9 Å². The van der Waals surface area contributed by atoms with Crippen LogP contribution in [0.5, 0.6) is 0 Å². The van der Waals surface area contributed by atoms with Gasteiger partial charge in [-0.2, -0.15) is 0 Å². The number of fused-ring (bicyclic) bond motifs is 1.